The fourth-order valence-corrected chi connectivity index (χ4v) is 3.71. The molecule has 2 aromatic carbocycles. The van der Waals surface area contributed by atoms with Crippen LogP contribution in [0.25, 0.3) is 0 Å². The molecular weight excluding hydrogens is 306 g/mol. The van der Waals surface area contributed by atoms with Gasteiger partial charge >= 0.3 is 0 Å². The smallest absolute Gasteiger partial charge is 0.118 e. The summed E-state index contributed by atoms with van der Waals surface area (Å²) in [6.45, 7) is 8.05. The Morgan fingerprint density at radius 3 is 2.40 bits per heavy atom. The van der Waals surface area contributed by atoms with E-state index in [9.17, 15) is 0 Å². The van der Waals surface area contributed by atoms with Crippen LogP contribution in [-0.4, -0.2) is 24.6 Å². The lowest BCUT2D eigenvalue weighted by Gasteiger charge is -2.41. The van der Waals surface area contributed by atoms with E-state index < -0.39 is 0 Å². The molecule has 0 aliphatic carbocycles. The van der Waals surface area contributed by atoms with Crippen molar-refractivity contribution in [2.45, 2.75) is 39.3 Å². The van der Waals surface area contributed by atoms with E-state index in [1.165, 1.54) is 16.7 Å². The Morgan fingerprint density at radius 1 is 1.08 bits per heavy atom. The molecule has 0 aromatic heterocycles. The van der Waals surface area contributed by atoms with Gasteiger partial charge in [0.25, 0.3) is 0 Å². The average molecular weight is 335 g/mol. The number of benzene rings is 2. The Kier molecular flexibility index (Phi) is 5.60. The monoisotopic (exact) mass is 335 g/mol. The zero-order chi connectivity index (χ0) is 17.8. The van der Waals surface area contributed by atoms with Crippen LogP contribution in [0, 0.1) is 5.92 Å². The van der Waals surface area contributed by atoms with E-state index in [-0.39, 0.29) is 0 Å². The molecule has 2 heteroatoms. The molecule has 0 amide bonds. The minimum Gasteiger partial charge on any atom is -0.497 e. The lowest BCUT2D eigenvalue weighted by Crippen LogP contribution is -2.43. The van der Waals surface area contributed by atoms with E-state index in [4.69, 9.17) is 4.74 Å². The Labute approximate surface area is 152 Å². The summed E-state index contributed by atoms with van der Waals surface area (Å²) in [6, 6.07) is 20.2. The van der Waals surface area contributed by atoms with Gasteiger partial charge in [-0.25, -0.2) is 0 Å². The first kappa shape index (κ1) is 17.8. The second-order valence-corrected chi connectivity index (χ2v) is 7.21. The first-order chi connectivity index (χ1) is 12.1. The molecule has 2 unspecified atom stereocenters. The summed E-state index contributed by atoms with van der Waals surface area (Å²) < 4.78 is 5.29. The highest BCUT2D eigenvalue weighted by Crippen LogP contribution is 2.31. The second-order valence-electron chi connectivity index (χ2n) is 7.21. The van der Waals surface area contributed by atoms with Crippen molar-refractivity contribution < 1.29 is 4.74 Å². The highest BCUT2D eigenvalue weighted by molar-refractivity contribution is 5.29. The molecule has 1 aliphatic rings. The topological polar surface area (TPSA) is 12.5 Å². The van der Waals surface area contributed by atoms with Crippen molar-refractivity contribution in [3.8, 4) is 5.75 Å². The number of ether oxygens (including phenoxy) is 1. The van der Waals surface area contributed by atoms with E-state index in [1.54, 1.807) is 7.11 Å². The van der Waals surface area contributed by atoms with Crippen LogP contribution in [0.3, 0.4) is 0 Å². The molecule has 0 saturated carbocycles. The molecule has 132 valence electrons. The SMILES string of the molecule is COc1ccc(CC2C=C(C)C(C)CN2[C@H](C)c2ccccc2)cc1. The molecule has 0 N–H and O–H groups in total. The molecule has 25 heavy (non-hydrogen) atoms. The summed E-state index contributed by atoms with van der Waals surface area (Å²) in [5.74, 6) is 1.53. The van der Waals surface area contributed by atoms with Crippen molar-refractivity contribution in [2.75, 3.05) is 13.7 Å². The Bertz CT molecular complexity index is 705. The zero-order valence-electron chi connectivity index (χ0n) is 15.8. The van der Waals surface area contributed by atoms with Crippen LogP contribution < -0.4 is 4.74 Å². The standard InChI is InChI=1S/C23H29NO/c1-17-14-22(15-20-10-12-23(25-4)13-11-20)24(16-18(17)2)19(3)21-8-6-5-7-9-21/h5-14,18-19,22H,15-16H2,1-4H3/t18?,19-,22?/m1/s1. The summed E-state index contributed by atoms with van der Waals surface area (Å²) in [6.07, 6.45) is 3.50. The maximum absolute atomic E-state index is 5.29. The molecule has 0 saturated heterocycles. The summed E-state index contributed by atoms with van der Waals surface area (Å²) in [4.78, 5) is 2.65. The minimum absolute atomic E-state index is 0.413. The first-order valence-corrected chi connectivity index (χ1v) is 9.20. The Morgan fingerprint density at radius 2 is 1.76 bits per heavy atom. The molecule has 1 heterocycles. The predicted molar refractivity (Wildman–Crippen MR) is 105 cm³/mol. The van der Waals surface area contributed by atoms with Gasteiger partial charge in [-0.1, -0.05) is 61.0 Å². The van der Waals surface area contributed by atoms with Crippen LogP contribution in [0.5, 0.6) is 5.75 Å². The van der Waals surface area contributed by atoms with Crippen LogP contribution in [-0.2, 0) is 6.42 Å². The minimum atomic E-state index is 0.413. The zero-order valence-corrected chi connectivity index (χ0v) is 15.8. The van der Waals surface area contributed by atoms with Crippen molar-refractivity contribution in [3.63, 3.8) is 0 Å². The van der Waals surface area contributed by atoms with Crippen molar-refractivity contribution >= 4 is 0 Å². The average Bonchev–Trinajstić information content (AvgIpc) is 2.65. The number of hydrogen-bond acceptors (Lipinski definition) is 2. The summed E-state index contributed by atoms with van der Waals surface area (Å²) in [7, 11) is 1.72. The normalized spacial score (nSPS) is 22.3. The molecule has 2 aromatic rings. The van der Waals surface area contributed by atoms with Crippen molar-refractivity contribution in [1.82, 2.24) is 4.90 Å². The third-order valence-corrected chi connectivity index (χ3v) is 5.53. The van der Waals surface area contributed by atoms with Gasteiger partial charge < -0.3 is 4.74 Å². The fraction of sp³-hybridized carbons (Fsp3) is 0.391. The van der Waals surface area contributed by atoms with Gasteiger partial charge in [-0.2, -0.15) is 0 Å². The molecule has 0 radical (unpaired) electrons. The maximum atomic E-state index is 5.29. The van der Waals surface area contributed by atoms with Crippen LogP contribution in [0.1, 0.15) is 37.9 Å². The van der Waals surface area contributed by atoms with E-state index in [0.29, 0.717) is 18.0 Å². The lowest BCUT2D eigenvalue weighted by molar-refractivity contribution is 0.140. The lowest BCUT2D eigenvalue weighted by atomic mass is 9.89. The number of nitrogens with zero attached hydrogens (tertiary/aromatic N) is 1. The molecule has 3 atom stereocenters. The third kappa shape index (κ3) is 4.13. The highest BCUT2D eigenvalue weighted by Gasteiger charge is 2.29. The van der Waals surface area contributed by atoms with E-state index in [2.05, 4.69) is 86.3 Å². The second kappa shape index (κ2) is 7.88. The molecule has 0 bridgehead atoms. The predicted octanol–water partition coefficient (Wildman–Crippen LogP) is 5.27. The Hall–Kier alpha value is -2.06. The van der Waals surface area contributed by atoms with Crippen LogP contribution in [0.2, 0.25) is 0 Å². The molecule has 2 nitrogen and oxygen atoms in total. The summed E-state index contributed by atoms with van der Waals surface area (Å²) in [5.41, 5.74) is 4.26. The summed E-state index contributed by atoms with van der Waals surface area (Å²) in [5, 5.41) is 0. The number of hydrogen-bond donors (Lipinski definition) is 0. The van der Waals surface area contributed by atoms with Crippen LogP contribution in [0.15, 0.2) is 66.2 Å². The molecule has 0 spiro atoms. The molecule has 1 aliphatic heterocycles. The third-order valence-electron chi connectivity index (χ3n) is 5.53. The van der Waals surface area contributed by atoms with Crippen molar-refractivity contribution in [3.05, 3.63) is 77.4 Å². The van der Waals surface area contributed by atoms with Gasteiger partial charge in [0.15, 0.2) is 0 Å². The van der Waals surface area contributed by atoms with Gasteiger partial charge in [0.1, 0.15) is 5.75 Å². The first-order valence-electron chi connectivity index (χ1n) is 9.20. The molecular formula is C23H29NO. The quantitative estimate of drug-likeness (QED) is 0.691. The molecule has 3 rings (SSSR count). The van der Waals surface area contributed by atoms with Gasteiger partial charge in [0.05, 0.1) is 7.11 Å². The van der Waals surface area contributed by atoms with Crippen molar-refractivity contribution in [2.24, 2.45) is 5.92 Å². The fourth-order valence-electron chi connectivity index (χ4n) is 3.71. The van der Waals surface area contributed by atoms with Crippen LogP contribution >= 0.6 is 0 Å². The van der Waals surface area contributed by atoms with Gasteiger partial charge in [-0.3, -0.25) is 4.90 Å². The number of methoxy groups -OCH3 is 1. The summed E-state index contributed by atoms with van der Waals surface area (Å²) >= 11 is 0. The maximum Gasteiger partial charge on any atom is 0.118 e. The Balaban J connectivity index is 1.84. The van der Waals surface area contributed by atoms with Crippen LogP contribution in [0.4, 0.5) is 0 Å². The van der Waals surface area contributed by atoms with Gasteiger partial charge in [0.2, 0.25) is 0 Å². The highest BCUT2D eigenvalue weighted by atomic mass is 16.5. The van der Waals surface area contributed by atoms with Gasteiger partial charge in [-0.05, 0) is 49.4 Å². The number of rotatable bonds is 5. The van der Waals surface area contributed by atoms with Gasteiger partial charge in [0, 0.05) is 18.6 Å². The van der Waals surface area contributed by atoms with E-state index in [1.807, 2.05) is 0 Å². The largest absolute Gasteiger partial charge is 0.497 e. The van der Waals surface area contributed by atoms with E-state index in [0.717, 1.165) is 18.7 Å². The van der Waals surface area contributed by atoms with Gasteiger partial charge in [-0.15, -0.1) is 0 Å². The van der Waals surface area contributed by atoms with E-state index >= 15 is 0 Å². The van der Waals surface area contributed by atoms with Crippen molar-refractivity contribution in [1.29, 1.82) is 0 Å². The molecule has 0 fully saturated rings.